The molecule has 142 valence electrons. The Kier molecular flexibility index (Phi) is 7.73. The molecule has 0 aromatic heterocycles. The van der Waals surface area contributed by atoms with E-state index in [0.717, 1.165) is 0 Å². The summed E-state index contributed by atoms with van der Waals surface area (Å²) in [5.74, 6) is -1.80. The minimum absolute atomic E-state index is 0. The number of halogens is 1. The fourth-order valence-electron chi connectivity index (χ4n) is 1.81. The molecule has 7 nitrogen and oxygen atoms in total. The van der Waals surface area contributed by atoms with Crippen molar-refractivity contribution in [2.75, 3.05) is 0 Å². The fourth-order valence-corrected chi connectivity index (χ4v) is 1.81. The van der Waals surface area contributed by atoms with Crippen molar-refractivity contribution >= 4 is 24.3 Å². The van der Waals surface area contributed by atoms with Gasteiger partial charge in [0.2, 0.25) is 6.29 Å². The third-order valence-corrected chi connectivity index (χ3v) is 3.24. The number of ether oxygens (including phenoxy) is 2. The molecular formula is C17H26ClNO6. The van der Waals surface area contributed by atoms with Crippen molar-refractivity contribution in [1.82, 2.24) is 0 Å². The van der Waals surface area contributed by atoms with Gasteiger partial charge in [-0.25, -0.2) is 4.79 Å². The van der Waals surface area contributed by atoms with Crippen LogP contribution in [0.4, 0.5) is 0 Å². The maximum Gasteiger partial charge on any atom is 0.329 e. The van der Waals surface area contributed by atoms with Gasteiger partial charge in [0.05, 0.1) is 5.41 Å². The number of carbonyl (C=O) groups is 2. The van der Waals surface area contributed by atoms with Gasteiger partial charge in [0.25, 0.3) is 0 Å². The van der Waals surface area contributed by atoms with E-state index in [1.54, 1.807) is 20.8 Å². The fraction of sp³-hybridized carbons (Fsp3) is 0.529. The third kappa shape index (κ3) is 6.80. The largest absolute Gasteiger partial charge is 0.504 e. The lowest BCUT2D eigenvalue weighted by atomic mass is 9.94. The quantitative estimate of drug-likeness (QED) is 0.410. The number of esters is 2. The summed E-state index contributed by atoms with van der Waals surface area (Å²) in [7, 11) is 0. The van der Waals surface area contributed by atoms with Crippen molar-refractivity contribution in [3.8, 4) is 11.5 Å². The van der Waals surface area contributed by atoms with Crippen LogP contribution in [0.2, 0.25) is 0 Å². The summed E-state index contributed by atoms with van der Waals surface area (Å²) in [6.45, 7) is 7.97. The number of phenols is 2. The highest BCUT2D eigenvalue weighted by atomic mass is 35.5. The number of phenolic OH excluding ortho intramolecular Hbond substituents is 2. The minimum atomic E-state index is -1.40. The van der Waals surface area contributed by atoms with E-state index in [4.69, 9.17) is 15.2 Å². The van der Waals surface area contributed by atoms with Gasteiger partial charge in [0.15, 0.2) is 11.5 Å². The zero-order valence-electron chi connectivity index (χ0n) is 15.0. The number of hydrogen-bond acceptors (Lipinski definition) is 7. The molecule has 4 N–H and O–H groups in total. The molecule has 0 spiro atoms. The van der Waals surface area contributed by atoms with Crippen LogP contribution >= 0.6 is 12.4 Å². The molecule has 0 fully saturated rings. The topological polar surface area (TPSA) is 119 Å². The van der Waals surface area contributed by atoms with Gasteiger partial charge in [0.1, 0.15) is 5.54 Å². The predicted molar refractivity (Wildman–Crippen MR) is 94.4 cm³/mol. The lowest BCUT2D eigenvalue weighted by molar-refractivity contribution is -0.193. The molecule has 0 heterocycles. The highest BCUT2D eigenvalue weighted by Gasteiger charge is 2.33. The standard InChI is InChI=1S/C17H25NO6.ClH/c1-10(23-14(21)16(2,3)4)24-15(22)17(5,18)9-11-6-7-12(19)13(20)8-11;/h6-8,10,19-20H,9,18H2,1-5H3;1H. The molecule has 0 aliphatic heterocycles. The molecule has 0 saturated heterocycles. The van der Waals surface area contributed by atoms with Crippen LogP contribution in [0, 0.1) is 5.41 Å². The van der Waals surface area contributed by atoms with Gasteiger partial charge < -0.3 is 25.4 Å². The molecule has 1 aromatic carbocycles. The van der Waals surface area contributed by atoms with E-state index in [9.17, 15) is 19.8 Å². The van der Waals surface area contributed by atoms with Crippen molar-refractivity contribution < 1.29 is 29.3 Å². The second-order valence-electron chi connectivity index (χ2n) is 7.05. The van der Waals surface area contributed by atoms with Crippen LogP contribution in [0.1, 0.15) is 40.2 Å². The summed E-state index contributed by atoms with van der Waals surface area (Å²) in [6.07, 6.45) is -1.00. The van der Waals surface area contributed by atoms with Crippen LogP contribution in [0.15, 0.2) is 18.2 Å². The Hall–Kier alpha value is -1.99. The molecule has 0 radical (unpaired) electrons. The van der Waals surface area contributed by atoms with E-state index in [2.05, 4.69) is 0 Å². The van der Waals surface area contributed by atoms with Gasteiger partial charge in [-0.2, -0.15) is 0 Å². The summed E-state index contributed by atoms with van der Waals surface area (Å²) in [4.78, 5) is 24.0. The lowest BCUT2D eigenvalue weighted by Crippen LogP contribution is -2.49. The SMILES string of the molecule is CC(OC(=O)C(C)(C)C)OC(=O)C(C)(N)Cc1ccc(O)c(O)c1.Cl. The average molecular weight is 376 g/mol. The summed E-state index contributed by atoms with van der Waals surface area (Å²) in [5, 5.41) is 18.8. The first-order valence-corrected chi connectivity index (χ1v) is 7.55. The van der Waals surface area contributed by atoms with Gasteiger partial charge in [-0.3, -0.25) is 4.79 Å². The van der Waals surface area contributed by atoms with E-state index in [1.807, 2.05) is 0 Å². The van der Waals surface area contributed by atoms with E-state index in [-0.39, 0.29) is 30.3 Å². The molecule has 25 heavy (non-hydrogen) atoms. The lowest BCUT2D eigenvalue weighted by Gasteiger charge is -2.26. The number of carbonyl (C=O) groups excluding carboxylic acids is 2. The summed E-state index contributed by atoms with van der Waals surface area (Å²) in [6, 6.07) is 4.16. The number of rotatable bonds is 5. The summed E-state index contributed by atoms with van der Waals surface area (Å²) < 4.78 is 10.1. The molecule has 1 rings (SSSR count). The Balaban J connectivity index is 0.00000576. The molecule has 2 atom stereocenters. The number of hydrogen-bond donors (Lipinski definition) is 3. The Labute approximate surface area is 153 Å². The Morgan fingerprint density at radius 3 is 2.08 bits per heavy atom. The van der Waals surface area contributed by atoms with E-state index < -0.39 is 29.2 Å². The van der Waals surface area contributed by atoms with Gasteiger partial charge in [-0.1, -0.05) is 6.07 Å². The summed E-state index contributed by atoms with van der Waals surface area (Å²) >= 11 is 0. The maximum absolute atomic E-state index is 12.2. The van der Waals surface area contributed by atoms with Crippen LogP contribution in [0.5, 0.6) is 11.5 Å². The van der Waals surface area contributed by atoms with Crippen molar-refractivity contribution in [2.24, 2.45) is 11.1 Å². The van der Waals surface area contributed by atoms with E-state index >= 15 is 0 Å². The van der Waals surface area contributed by atoms with Crippen molar-refractivity contribution in [3.63, 3.8) is 0 Å². The molecule has 0 amide bonds. The van der Waals surface area contributed by atoms with Crippen molar-refractivity contribution in [3.05, 3.63) is 23.8 Å². The molecular weight excluding hydrogens is 350 g/mol. The summed E-state index contributed by atoms with van der Waals surface area (Å²) in [5.41, 5.74) is 4.42. The Morgan fingerprint density at radius 2 is 1.60 bits per heavy atom. The van der Waals surface area contributed by atoms with E-state index in [1.165, 1.54) is 32.0 Å². The third-order valence-electron chi connectivity index (χ3n) is 3.24. The first kappa shape index (κ1) is 23.0. The normalized spacial score (nSPS) is 14.6. The number of nitrogens with two attached hydrogens (primary N) is 1. The van der Waals surface area contributed by atoms with Crippen molar-refractivity contribution in [1.29, 1.82) is 0 Å². The van der Waals surface area contributed by atoms with Crippen LogP contribution in [-0.2, 0) is 25.5 Å². The van der Waals surface area contributed by atoms with Crippen molar-refractivity contribution in [2.45, 2.75) is 52.9 Å². The zero-order valence-corrected chi connectivity index (χ0v) is 15.8. The second-order valence-corrected chi connectivity index (χ2v) is 7.05. The highest BCUT2D eigenvalue weighted by molar-refractivity contribution is 5.85. The smallest absolute Gasteiger partial charge is 0.329 e. The molecule has 0 aliphatic carbocycles. The molecule has 0 aliphatic rings. The number of benzene rings is 1. The average Bonchev–Trinajstić information content (AvgIpc) is 2.41. The van der Waals surface area contributed by atoms with Gasteiger partial charge in [-0.05, 0) is 45.4 Å². The predicted octanol–water partition coefficient (Wildman–Crippen LogP) is 2.26. The zero-order chi connectivity index (χ0) is 18.7. The van der Waals surface area contributed by atoms with Crippen LogP contribution < -0.4 is 5.73 Å². The second kappa shape index (κ2) is 8.40. The highest BCUT2D eigenvalue weighted by Crippen LogP contribution is 2.26. The van der Waals surface area contributed by atoms with Crippen LogP contribution in [-0.4, -0.2) is 34.0 Å². The molecule has 0 bridgehead atoms. The number of aromatic hydroxyl groups is 2. The first-order chi connectivity index (χ1) is 10.8. The maximum atomic E-state index is 12.2. The van der Waals surface area contributed by atoms with Crippen LogP contribution in [0.25, 0.3) is 0 Å². The minimum Gasteiger partial charge on any atom is -0.504 e. The van der Waals surface area contributed by atoms with Gasteiger partial charge in [0, 0.05) is 13.3 Å². The molecule has 8 heteroatoms. The Morgan fingerprint density at radius 1 is 1.08 bits per heavy atom. The monoisotopic (exact) mass is 375 g/mol. The van der Waals surface area contributed by atoms with Gasteiger partial charge >= 0.3 is 11.9 Å². The molecule has 1 aromatic rings. The molecule has 0 saturated carbocycles. The van der Waals surface area contributed by atoms with Gasteiger partial charge in [-0.15, -0.1) is 12.4 Å². The Bertz CT molecular complexity index is 624. The molecule has 2 unspecified atom stereocenters. The van der Waals surface area contributed by atoms with E-state index in [0.29, 0.717) is 5.56 Å². The van der Waals surface area contributed by atoms with Crippen LogP contribution in [0.3, 0.4) is 0 Å². The first-order valence-electron chi connectivity index (χ1n) is 7.55.